The lowest BCUT2D eigenvalue weighted by atomic mass is 9.87. The fourth-order valence-electron chi connectivity index (χ4n) is 5.52. The number of hydrogen-bond donors (Lipinski definition) is 2. The number of fused-ring (bicyclic) bond motifs is 1. The topological polar surface area (TPSA) is 117 Å². The van der Waals surface area contributed by atoms with E-state index in [1.807, 2.05) is 18.2 Å². The molecule has 9 heteroatoms. The Bertz CT molecular complexity index is 2140. The van der Waals surface area contributed by atoms with Gasteiger partial charge in [0.15, 0.2) is 0 Å². The number of nitrogens with zero attached hydrogens (tertiary/aromatic N) is 4. The maximum Gasteiger partial charge on any atom is 0.265 e. The number of rotatable bonds is 4. The van der Waals surface area contributed by atoms with Gasteiger partial charge in [-0.15, -0.1) is 15.0 Å². The number of phenolic OH excluding ortho intramolecular Hbond substituents is 1. The van der Waals surface area contributed by atoms with Crippen molar-refractivity contribution in [3.05, 3.63) is 119 Å². The van der Waals surface area contributed by atoms with Crippen LogP contribution in [0.3, 0.4) is 0 Å². The molecule has 7 rings (SSSR count). The molecular formula is C35H27N5O4. The van der Waals surface area contributed by atoms with E-state index in [1.165, 1.54) is 4.80 Å². The van der Waals surface area contributed by atoms with Crippen LogP contribution >= 0.6 is 0 Å². The Hall–Kier alpha value is -5.83. The maximum atomic E-state index is 13.9. The first-order valence-electron chi connectivity index (χ1n) is 14.1. The fourth-order valence-corrected chi connectivity index (χ4v) is 5.52. The second-order valence-corrected chi connectivity index (χ2v) is 11.8. The van der Waals surface area contributed by atoms with Gasteiger partial charge >= 0.3 is 0 Å². The summed E-state index contributed by atoms with van der Waals surface area (Å²) in [6, 6.07) is 27.7. The van der Waals surface area contributed by atoms with Crippen LogP contribution < -0.4 is 10.2 Å². The molecule has 0 aliphatic carbocycles. The molecule has 5 aromatic carbocycles. The number of amides is 3. The van der Waals surface area contributed by atoms with Crippen LogP contribution in [-0.4, -0.2) is 37.8 Å². The van der Waals surface area contributed by atoms with E-state index >= 15 is 0 Å². The number of aromatic nitrogens is 3. The smallest absolute Gasteiger partial charge is 0.265 e. The lowest BCUT2D eigenvalue weighted by Gasteiger charge is -2.27. The summed E-state index contributed by atoms with van der Waals surface area (Å²) in [6.07, 6.45) is 0. The Kier molecular flexibility index (Phi) is 6.07. The largest absolute Gasteiger partial charge is 0.506 e. The number of phenols is 1. The Labute approximate surface area is 252 Å². The molecule has 0 radical (unpaired) electrons. The van der Waals surface area contributed by atoms with Crippen LogP contribution in [0.25, 0.3) is 27.5 Å². The molecule has 6 aromatic rings. The molecule has 2 N–H and O–H groups in total. The van der Waals surface area contributed by atoms with E-state index in [4.69, 9.17) is 0 Å². The zero-order valence-electron chi connectivity index (χ0n) is 24.2. The van der Waals surface area contributed by atoms with Crippen LogP contribution in [0.4, 0.5) is 11.4 Å². The van der Waals surface area contributed by atoms with E-state index in [2.05, 4.69) is 36.3 Å². The number of carbonyl (C=O) groups excluding carboxylic acids is 3. The van der Waals surface area contributed by atoms with Gasteiger partial charge in [0, 0.05) is 33.2 Å². The second-order valence-electron chi connectivity index (χ2n) is 11.8. The molecule has 0 atom stereocenters. The molecular weight excluding hydrogens is 554 g/mol. The maximum absolute atomic E-state index is 13.9. The minimum absolute atomic E-state index is 0.0314. The van der Waals surface area contributed by atoms with Gasteiger partial charge in [-0.25, -0.2) is 4.90 Å². The van der Waals surface area contributed by atoms with Crippen LogP contribution in [0.5, 0.6) is 5.75 Å². The van der Waals surface area contributed by atoms with Gasteiger partial charge in [0.1, 0.15) is 22.5 Å². The fraction of sp³-hybridized carbons (Fsp3) is 0.114. The van der Waals surface area contributed by atoms with E-state index in [0.717, 1.165) is 10.5 Å². The van der Waals surface area contributed by atoms with Crippen molar-refractivity contribution in [2.75, 3.05) is 10.2 Å². The van der Waals surface area contributed by atoms with Gasteiger partial charge in [0.05, 0.1) is 5.69 Å². The number of carbonyl (C=O) groups is 3. The van der Waals surface area contributed by atoms with Crippen LogP contribution in [0.2, 0.25) is 0 Å². The van der Waals surface area contributed by atoms with Crippen LogP contribution in [0.15, 0.2) is 97.1 Å². The molecule has 2 heterocycles. The van der Waals surface area contributed by atoms with E-state index in [0.29, 0.717) is 55.6 Å². The van der Waals surface area contributed by atoms with Gasteiger partial charge in [-0.3, -0.25) is 14.4 Å². The average molecular weight is 582 g/mol. The highest BCUT2D eigenvalue weighted by Crippen LogP contribution is 2.37. The van der Waals surface area contributed by atoms with Crippen molar-refractivity contribution in [1.82, 2.24) is 15.0 Å². The van der Waals surface area contributed by atoms with Crippen molar-refractivity contribution < 1.29 is 19.5 Å². The number of nitrogens with one attached hydrogen (secondary N) is 1. The van der Waals surface area contributed by atoms with Crippen LogP contribution in [-0.2, 0) is 5.41 Å². The molecule has 0 fully saturated rings. The van der Waals surface area contributed by atoms with Crippen molar-refractivity contribution in [2.24, 2.45) is 0 Å². The third-order valence-electron chi connectivity index (χ3n) is 7.87. The van der Waals surface area contributed by atoms with Crippen molar-refractivity contribution in [1.29, 1.82) is 0 Å². The lowest BCUT2D eigenvalue weighted by molar-refractivity contribution is 0.0892. The molecule has 216 valence electrons. The zero-order chi connectivity index (χ0) is 30.7. The summed E-state index contributed by atoms with van der Waals surface area (Å²) in [4.78, 5) is 43.1. The van der Waals surface area contributed by atoms with E-state index in [-0.39, 0.29) is 17.1 Å². The van der Waals surface area contributed by atoms with E-state index in [1.54, 1.807) is 78.9 Å². The van der Waals surface area contributed by atoms with Gasteiger partial charge in [-0.05, 0) is 71.6 Å². The molecule has 0 saturated carbocycles. The Morgan fingerprint density at radius 3 is 2.25 bits per heavy atom. The molecule has 1 aliphatic heterocycles. The minimum Gasteiger partial charge on any atom is -0.506 e. The van der Waals surface area contributed by atoms with Crippen LogP contribution in [0.1, 0.15) is 57.4 Å². The molecule has 0 bridgehead atoms. The molecule has 0 unspecified atom stereocenters. The zero-order valence-corrected chi connectivity index (χ0v) is 24.2. The standard InChI is InChI=1S/C35H27N5O4/c1-35(2,3)21-12-17-30(41)29(18-21)40-37-27-15-13-22(19-28(27)38-40)39-33(43)24-11-7-10-23-26(16-14-25(31(23)24)34(39)44)36-32(42)20-8-5-4-6-9-20/h4-19,41H,1-3H3,(H,36,42). The predicted molar refractivity (Wildman–Crippen MR) is 169 cm³/mol. The number of imide groups is 1. The quantitative estimate of drug-likeness (QED) is 0.226. The Balaban J connectivity index is 1.26. The van der Waals surface area contributed by atoms with E-state index < -0.39 is 11.8 Å². The van der Waals surface area contributed by atoms with Gasteiger partial charge in [-0.1, -0.05) is 57.2 Å². The monoisotopic (exact) mass is 581 g/mol. The molecule has 9 nitrogen and oxygen atoms in total. The molecule has 0 saturated heterocycles. The number of anilines is 2. The predicted octanol–water partition coefficient (Wildman–Crippen LogP) is 6.63. The van der Waals surface area contributed by atoms with Gasteiger partial charge in [-0.2, -0.15) is 0 Å². The lowest BCUT2D eigenvalue weighted by Crippen LogP contribution is -2.40. The first-order chi connectivity index (χ1) is 21.1. The summed E-state index contributed by atoms with van der Waals surface area (Å²) in [5.41, 5.74) is 4.31. The van der Waals surface area contributed by atoms with Crippen molar-refractivity contribution in [2.45, 2.75) is 26.2 Å². The molecule has 3 amide bonds. The second kappa shape index (κ2) is 9.88. The molecule has 44 heavy (non-hydrogen) atoms. The summed E-state index contributed by atoms with van der Waals surface area (Å²) < 4.78 is 0. The summed E-state index contributed by atoms with van der Waals surface area (Å²) in [7, 11) is 0. The summed E-state index contributed by atoms with van der Waals surface area (Å²) in [5.74, 6) is -1.23. The minimum atomic E-state index is -0.484. The summed E-state index contributed by atoms with van der Waals surface area (Å²) in [5, 5.41) is 23.7. The third-order valence-corrected chi connectivity index (χ3v) is 7.87. The molecule has 1 aliphatic rings. The summed E-state index contributed by atoms with van der Waals surface area (Å²) in [6.45, 7) is 6.24. The highest BCUT2D eigenvalue weighted by Gasteiger charge is 2.35. The number of aromatic hydroxyl groups is 1. The van der Waals surface area contributed by atoms with Gasteiger partial charge in [0.25, 0.3) is 17.7 Å². The third kappa shape index (κ3) is 4.37. The highest BCUT2D eigenvalue weighted by atomic mass is 16.3. The van der Waals surface area contributed by atoms with Crippen molar-refractivity contribution in [3.8, 4) is 11.4 Å². The Morgan fingerprint density at radius 2 is 1.50 bits per heavy atom. The van der Waals surface area contributed by atoms with E-state index in [9.17, 15) is 19.5 Å². The SMILES string of the molecule is CC(C)(C)c1ccc(O)c(-n2nc3ccc(N4C(=O)c5cccc6c(NC(=O)c7ccccc7)ccc(c56)C4=O)cc3n2)c1. The van der Waals surface area contributed by atoms with Crippen molar-refractivity contribution in [3.63, 3.8) is 0 Å². The number of benzene rings is 5. The average Bonchev–Trinajstić information content (AvgIpc) is 3.44. The number of hydrogen-bond acceptors (Lipinski definition) is 6. The molecule has 1 aromatic heterocycles. The molecule has 0 spiro atoms. The van der Waals surface area contributed by atoms with Crippen LogP contribution in [0, 0.1) is 0 Å². The van der Waals surface area contributed by atoms with Gasteiger partial charge in [0.2, 0.25) is 0 Å². The Morgan fingerprint density at radius 1 is 0.773 bits per heavy atom. The van der Waals surface area contributed by atoms with Crippen molar-refractivity contribution >= 4 is 50.9 Å². The summed E-state index contributed by atoms with van der Waals surface area (Å²) >= 11 is 0. The highest BCUT2D eigenvalue weighted by molar-refractivity contribution is 6.36. The normalized spacial score (nSPS) is 13.1. The first-order valence-corrected chi connectivity index (χ1v) is 14.1. The first kappa shape index (κ1) is 27.0. The van der Waals surface area contributed by atoms with Gasteiger partial charge < -0.3 is 10.4 Å².